The average molecular weight is 171 g/mol. The predicted molar refractivity (Wildman–Crippen MR) is 46.6 cm³/mol. The molecule has 3 nitrogen and oxygen atoms in total. The molecule has 0 radical (unpaired) electrons. The van der Waals surface area contributed by atoms with Gasteiger partial charge < -0.3 is 10.8 Å². The van der Waals surface area contributed by atoms with Crippen LogP contribution in [0.1, 0.15) is 33.1 Å². The Morgan fingerprint density at radius 2 is 2.17 bits per heavy atom. The lowest BCUT2D eigenvalue weighted by Gasteiger charge is -2.24. The van der Waals surface area contributed by atoms with Crippen LogP contribution in [0.3, 0.4) is 0 Å². The van der Waals surface area contributed by atoms with Gasteiger partial charge in [0.25, 0.3) is 0 Å². The second-order valence-corrected chi connectivity index (χ2v) is 4.34. The number of aliphatic hydroxyl groups is 1. The topological polar surface area (TPSA) is 63.3 Å². The predicted octanol–water partition coefficient (Wildman–Crippen LogP) is 0.454. The van der Waals surface area contributed by atoms with Gasteiger partial charge in [-0.15, -0.1) is 0 Å². The van der Waals surface area contributed by atoms with Gasteiger partial charge >= 0.3 is 0 Å². The van der Waals surface area contributed by atoms with E-state index in [1.807, 2.05) is 0 Å². The molecule has 1 unspecified atom stereocenters. The summed E-state index contributed by atoms with van der Waals surface area (Å²) in [7, 11) is 0. The zero-order valence-electron chi connectivity index (χ0n) is 7.71. The average Bonchev–Trinajstić information content (AvgIpc) is 2.68. The van der Waals surface area contributed by atoms with Crippen molar-refractivity contribution >= 4 is 5.78 Å². The highest BCUT2D eigenvalue weighted by Gasteiger charge is 2.33. The highest BCUT2D eigenvalue weighted by molar-refractivity contribution is 5.84. The van der Waals surface area contributed by atoms with Gasteiger partial charge in [0.1, 0.15) is 6.10 Å². The summed E-state index contributed by atoms with van der Waals surface area (Å²) in [6.07, 6.45) is 1.76. The number of carbonyl (C=O) groups excluding carboxylic acids is 1. The Morgan fingerprint density at radius 1 is 1.67 bits per heavy atom. The van der Waals surface area contributed by atoms with Gasteiger partial charge in [0.05, 0.1) is 0 Å². The van der Waals surface area contributed by atoms with Crippen LogP contribution in [0.2, 0.25) is 0 Å². The molecule has 3 heteroatoms. The first kappa shape index (κ1) is 9.68. The van der Waals surface area contributed by atoms with E-state index in [0.717, 1.165) is 12.8 Å². The molecule has 1 rings (SSSR count). The zero-order chi connectivity index (χ0) is 9.35. The lowest BCUT2D eigenvalue weighted by molar-refractivity contribution is -0.130. The molecule has 1 aliphatic carbocycles. The SMILES string of the molecule is CC(C)(N)C(O)C(=O)CC1CC1. The fourth-order valence-electron chi connectivity index (χ4n) is 1.13. The van der Waals surface area contributed by atoms with Crippen LogP contribution < -0.4 is 5.73 Å². The molecular weight excluding hydrogens is 154 g/mol. The van der Waals surface area contributed by atoms with Gasteiger partial charge in [-0.2, -0.15) is 0 Å². The molecule has 1 saturated carbocycles. The van der Waals surface area contributed by atoms with E-state index in [9.17, 15) is 9.90 Å². The Bertz CT molecular complexity index is 179. The quantitative estimate of drug-likeness (QED) is 0.645. The van der Waals surface area contributed by atoms with Gasteiger partial charge in [-0.25, -0.2) is 0 Å². The van der Waals surface area contributed by atoms with Gasteiger partial charge in [-0.1, -0.05) is 0 Å². The van der Waals surface area contributed by atoms with Crippen molar-refractivity contribution in [3.8, 4) is 0 Å². The number of rotatable bonds is 4. The second-order valence-electron chi connectivity index (χ2n) is 4.34. The summed E-state index contributed by atoms with van der Waals surface area (Å²) in [5.74, 6) is 0.416. The highest BCUT2D eigenvalue weighted by Crippen LogP contribution is 2.33. The summed E-state index contributed by atoms with van der Waals surface area (Å²) in [4.78, 5) is 11.3. The molecular formula is C9H17NO2. The van der Waals surface area contributed by atoms with Crippen molar-refractivity contribution in [1.82, 2.24) is 0 Å². The minimum atomic E-state index is -1.00. The maximum absolute atomic E-state index is 11.3. The minimum Gasteiger partial charge on any atom is -0.383 e. The smallest absolute Gasteiger partial charge is 0.163 e. The number of Topliss-reactive ketones (excluding diaryl/α,β-unsaturated/α-hetero) is 1. The Morgan fingerprint density at radius 3 is 2.50 bits per heavy atom. The Hall–Kier alpha value is -0.410. The Kier molecular flexibility index (Phi) is 2.54. The Balaban J connectivity index is 2.39. The van der Waals surface area contributed by atoms with Crippen LogP contribution in [0.5, 0.6) is 0 Å². The van der Waals surface area contributed by atoms with Crippen molar-refractivity contribution in [3.63, 3.8) is 0 Å². The number of hydrogen-bond acceptors (Lipinski definition) is 3. The van der Waals surface area contributed by atoms with Gasteiger partial charge in [-0.05, 0) is 32.6 Å². The van der Waals surface area contributed by atoms with Crippen LogP contribution in [0.4, 0.5) is 0 Å². The van der Waals surface area contributed by atoms with Gasteiger partial charge in [0.2, 0.25) is 0 Å². The summed E-state index contributed by atoms with van der Waals surface area (Å²) in [6, 6.07) is 0. The summed E-state index contributed by atoms with van der Waals surface area (Å²) in [5, 5.41) is 9.46. The molecule has 12 heavy (non-hydrogen) atoms. The van der Waals surface area contributed by atoms with Gasteiger partial charge in [0.15, 0.2) is 5.78 Å². The molecule has 0 aromatic rings. The van der Waals surface area contributed by atoms with Gasteiger partial charge in [0, 0.05) is 12.0 Å². The van der Waals surface area contributed by atoms with E-state index in [1.54, 1.807) is 13.8 Å². The molecule has 0 heterocycles. The van der Waals surface area contributed by atoms with Crippen LogP contribution >= 0.6 is 0 Å². The van der Waals surface area contributed by atoms with Crippen molar-refractivity contribution in [1.29, 1.82) is 0 Å². The van der Waals surface area contributed by atoms with E-state index in [1.165, 1.54) is 0 Å². The maximum atomic E-state index is 11.3. The van der Waals surface area contributed by atoms with Crippen LogP contribution in [0, 0.1) is 5.92 Å². The highest BCUT2D eigenvalue weighted by atomic mass is 16.3. The summed E-state index contributed by atoms with van der Waals surface area (Å²) < 4.78 is 0. The van der Waals surface area contributed by atoms with E-state index >= 15 is 0 Å². The van der Waals surface area contributed by atoms with E-state index in [4.69, 9.17) is 5.73 Å². The lowest BCUT2D eigenvalue weighted by Crippen LogP contribution is -2.49. The fraction of sp³-hybridized carbons (Fsp3) is 0.889. The van der Waals surface area contributed by atoms with Crippen molar-refractivity contribution in [3.05, 3.63) is 0 Å². The molecule has 0 spiro atoms. The van der Waals surface area contributed by atoms with E-state index in [-0.39, 0.29) is 5.78 Å². The minimum absolute atomic E-state index is 0.106. The van der Waals surface area contributed by atoms with E-state index in [2.05, 4.69) is 0 Å². The molecule has 0 saturated heterocycles. The third-order valence-electron chi connectivity index (χ3n) is 2.20. The molecule has 0 aliphatic heterocycles. The number of aliphatic hydroxyl groups excluding tert-OH is 1. The number of hydrogen-bond donors (Lipinski definition) is 2. The van der Waals surface area contributed by atoms with Crippen LogP contribution in [0.15, 0.2) is 0 Å². The van der Waals surface area contributed by atoms with Crippen molar-refractivity contribution < 1.29 is 9.90 Å². The third kappa shape index (κ3) is 2.57. The first-order valence-corrected chi connectivity index (χ1v) is 4.41. The summed E-state index contributed by atoms with van der Waals surface area (Å²) in [5.41, 5.74) is 4.81. The number of ketones is 1. The molecule has 0 amide bonds. The second kappa shape index (κ2) is 3.15. The zero-order valence-corrected chi connectivity index (χ0v) is 7.71. The summed E-state index contributed by atoms with van der Waals surface area (Å²) >= 11 is 0. The number of carbonyl (C=O) groups is 1. The molecule has 0 bridgehead atoms. The van der Waals surface area contributed by atoms with Crippen LogP contribution in [-0.4, -0.2) is 22.5 Å². The molecule has 1 fully saturated rings. The van der Waals surface area contributed by atoms with Crippen molar-refractivity contribution in [2.24, 2.45) is 11.7 Å². The fourth-order valence-corrected chi connectivity index (χ4v) is 1.13. The largest absolute Gasteiger partial charge is 0.383 e. The summed E-state index contributed by atoms with van der Waals surface area (Å²) in [6.45, 7) is 3.34. The molecule has 1 atom stereocenters. The molecule has 70 valence electrons. The van der Waals surface area contributed by atoms with Crippen LogP contribution in [-0.2, 0) is 4.79 Å². The van der Waals surface area contributed by atoms with Gasteiger partial charge in [-0.3, -0.25) is 4.79 Å². The first-order chi connectivity index (χ1) is 5.41. The van der Waals surface area contributed by atoms with Crippen molar-refractivity contribution in [2.45, 2.75) is 44.8 Å². The molecule has 0 aromatic carbocycles. The van der Waals surface area contributed by atoms with E-state index < -0.39 is 11.6 Å². The lowest BCUT2D eigenvalue weighted by atomic mass is 9.93. The molecule has 3 N–H and O–H groups in total. The standard InChI is InChI=1S/C9H17NO2/c1-9(2,10)8(12)7(11)5-6-3-4-6/h6,8,12H,3-5,10H2,1-2H3. The molecule has 0 aromatic heterocycles. The number of nitrogens with two attached hydrogens (primary N) is 1. The van der Waals surface area contributed by atoms with E-state index in [0.29, 0.717) is 12.3 Å². The maximum Gasteiger partial charge on any atom is 0.163 e. The van der Waals surface area contributed by atoms with Crippen molar-refractivity contribution in [2.75, 3.05) is 0 Å². The Labute approximate surface area is 72.9 Å². The normalized spacial score (nSPS) is 20.7. The first-order valence-electron chi connectivity index (χ1n) is 4.41. The monoisotopic (exact) mass is 171 g/mol. The third-order valence-corrected chi connectivity index (χ3v) is 2.20. The molecule has 1 aliphatic rings. The van der Waals surface area contributed by atoms with Crippen LogP contribution in [0.25, 0.3) is 0 Å².